The van der Waals surface area contributed by atoms with Gasteiger partial charge in [0.1, 0.15) is 10.7 Å². The summed E-state index contributed by atoms with van der Waals surface area (Å²) in [5.41, 5.74) is -0.519. The lowest BCUT2D eigenvalue weighted by Gasteiger charge is -2.15. The number of halogens is 1. The highest BCUT2D eigenvalue weighted by Gasteiger charge is 2.24. The van der Waals surface area contributed by atoms with Crippen LogP contribution in [0.5, 0.6) is 0 Å². The van der Waals surface area contributed by atoms with Gasteiger partial charge in [-0.2, -0.15) is 0 Å². The highest BCUT2D eigenvalue weighted by Crippen LogP contribution is 2.21. The van der Waals surface area contributed by atoms with Crippen LogP contribution in [0.1, 0.15) is 20.3 Å². The number of aliphatic hydroxyl groups excluding tert-OH is 1. The van der Waals surface area contributed by atoms with E-state index < -0.39 is 43.5 Å². The normalized spacial score (nSPS) is 14.8. The van der Waals surface area contributed by atoms with E-state index in [1.165, 1.54) is 13.8 Å². The number of rotatable bonds is 6. The van der Waals surface area contributed by atoms with Crippen molar-refractivity contribution in [3.8, 4) is 0 Å². The first kappa shape index (κ1) is 16.5. The zero-order valence-electron chi connectivity index (χ0n) is 10.9. The minimum atomic E-state index is -4.23. The monoisotopic (exact) mass is 306 g/mol. The van der Waals surface area contributed by atoms with Crippen molar-refractivity contribution < 1.29 is 22.8 Å². The third-order valence-corrected chi connectivity index (χ3v) is 4.07. The standard InChI is InChI=1S/C11H15FN2O5S/c1-7(5-8(2)15)13-20(18,19)11-6-9(14(16)17)3-4-10(11)12/h3-4,6-8,13,15H,5H2,1-2H3. The average Bonchev–Trinajstić information content (AvgIpc) is 2.26. The fourth-order valence-corrected chi connectivity index (χ4v) is 3.05. The molecule has 0 aliphatic carbocycles. The van der Waals surface area contributed by atoms with Crippen LogP contribution in [0.4, 0.5) is 10.1 Å². The zero-order chi connectivity index (χ0) is 15.5. The van der Waals surface area contributed by atoms with Crippen LogP contribution in [-0.2, 0) is 10.0 Å². The second kappa shape index (κ2) is 6.25. The van der Waals surface area contributed by atoms with Gasteiger partial charge in [0.05, 0.1) is 11.0 Å². The van der Waals surface area contributed by atoms with Crippen LogP contribution >= 0.6 is 0 Å². The van der Waals surface area contributed by atoms with Crippen molar-refractivity contribution in [2.75, 3.05) is 0 Å². The maximum Gasteiger partial charge on any atom is 0.270 e. The summed E-state index contributed by atoms with van der Waals surface area (Å²) in [6.45, 7) is 2.98. The summed E-state index contributed by atoms with van der Waals surface area (Å²) in [6, 6.07) is 1.63. The van der Waals surface area contributed by atoms with Gasteiger partial charge in [0.2, 0.25) is 10.0 Å². The summed E-state index contributed by atoms with van der Waals surface area (Å²) in [5.74, 6) is -1.08. The van der Waals surface area contributed by atoms with Crippen LogP contribution in [0.15, 0.2) is 23.1 Å². The lowest BCUT2D eigenvalue weighted by molar-refractivity contribution is -0.385. The van der Waals surface area contributed by atoms with Crippen molar-refractivity contribution in [1.29, 1.82) is 0 Å². The van der Waals surface area contributed by atoms with Crippen LogP contribution < -0.4 is 4.72 Å². The summed E-state index contributed by atoms with van der Waals surface area (Å²) in [6.07, 6.45) is -0.599. The van der Waals surface area contributed by atoms with Crippen molar-refractivity contribution >= 4 is 15.7 Å². The van der Waals surface area contributed by atoms with Crippen LogP contribution in [0.25, 0.3) is 0 Å². The second-order valence-electron chi connectivity index (χ2n) is 4.48. The van der Waals surface area contributed by atoms with Gasteiger partial charge in [-0.15, -0.1) is 0 Å². The molecule has 0 aliphatic rings. The maximum absolute atomic E-state index is 13.6. The van der Waals surface area contributed by atoms with Crippen LogP contribution in [-0.4, -0.2) is 30.6 Å². The predicted molar refractivity (Wildman–Crippen MR) is 69.1 cm³/mol. The third kappa shape index (κ3) is 4.22. The Labute approximate surface area is 115 Å². The predicted octanol–water partition coefficient (Wildman–Crippen LogP) is 1.17. The second-order valence-corrected chi connectivity index (χ2v) is 6.16. The molecule has 2 unspecified atom stereocenters. The number of aliphatic hydroxyl groups is 1. The van der Waals surface area contributed by atoms with Gasteiger partial charge in [0.15, 0.2) is 0 Å². The van der Waals surface area contributed by atoms with E-state index in [9.17, 15) is 22.9 Å². The summed E-state index contributed by atoms with van der Waals surface area (Å²) in [5, 5.41) is 19.8. The number of hydrogen-bond acceptors (Lipinski definition) is 5. The number of hydrogen-bond donors (Lipinski definition) is 2. The van der Waals surface area contributed by atoms with Crippen LogP contribution in [0.3, 0.4) is 0 Å². The minimum absolute atomic E-state index is 0.135. The Morgan fingerprint density at radius 3 is 2.55 bits per heavy atom. The topological polar surface area (TPSA) is 110 Å². The number of nitrogens with zero attached hydrogens (tertiary/aromatic N) is 1. The fraction of sp³-hybridized carbons (Fsp3) is 0.455. The number of nitro groups is 1. The Morgan fingerprint density at radius 1 is 1.45 bits per heavy atom. The van der Waals surface area contributed by atoms with Crippen molar-refractivity contribution in [2.24, 2.45) is 0 Å². The summed E-state index contributed by atoms with van der Waals surface area (Å²) < 4.78 is 39.6. The van der Waals surface area contributed by atoms with Gasteiger partial charge < -0.3 is 5.11 Å². The molecule has 2 N–H and O–H groups in total. The molecule has 1 rings (SSSR count). The molecule has 0 saturated carbocycles. The number of nitrogens with one attached hydrogen (secondary N) is 1. The van der Waals surface area contributed by atoms with E-state index in [0.717, 1.165) is 12.1 Å². The van der Waals surface area contributed by atoms with E-state index in [1.807, 2.05) is 0 Å². The molecule has 7 nitrogen and oxygen atoms in total. The smallest absolute Gasteiger partial charge is 0.270 e. The maximum atomic E-state index is 13.6. The first-order chi connectivity index (χ1) is 9.13. The summed E-state index contributed by atoms with van der Waals surface area (Å²) in [4.78, 5) is 9.00. The number of non-ortho nitro benzene ring substituents is 1. The Hall–Kier alpha value is -1.58. The Morgan fingerprint density at radius 2 is 2.05 bits per heavy atom. The first-order valence-electron chi connectivity index (χ1n) is 5.78. The highest BCUT2D eigenvalue weighted by molar-refractivity contribution is 7.89. The molecule has 1 aromatic carbocycles. The molecule has 0 radical (unpaired) electrons. The SMILES string of the molecule is CC(O)CC(C)NS(=O)(=O)c1cc([N+](=O)[O-])ccc1F. The molecule has 0 heterocycles. The largest absolute Gasteiger partial charge is 0.393 e. The molecule has 0 fully saturated rings. The molecule has 0 amide bonds. The lowest BCUT2D eigenvalue weighted by Crippen LogP contribution is -2.35. The van der Waals surface area contributed by atoms with E-state index >= 15 is 0 Å². The molecule has 112 valence electrons. The molecule has 1 aromatic rings. The average molecular weight is 306 g/mol. The number of benzene rings is 1. The minimum Gasteiger partial charge on any atom is -0.393 e. The number of nitro benzene ring substituents is 1. The quantitative estimate of drug-likeness (QED) is 0.605. The fourth-order valence-electron chi connectivity index (χ4n) is 1.70. The van der Waals surface area contributed by atoms with E-state index in [4.69, 9.17) is 5.11 Å². The van der Waals surface area contributed by atoms with Gasteiger partial charge in [-0.05, 0) is 26.3 Å². The Bertz CT molecular complexity index is 603. The van der Waals surface area contributed by atoms with E-state index in [0.29, 0.717) is 6.07 Å². The van der Waals surface area contributed by atoms with Gasteiger partial charge in [-0.3, -0.25) is 10.1 Å². The van der Waals surface area contributed by atoms with Gasteiger partial charge in [-0.25, -0.2) is 17.5 Å². The van der Waals surface area contributed by atoms with Crippen molar-refractivity contribution in [2.45, 2.75) is 37.3 Å². The van der Waals surface area contributed by atoms with E-state index in [-0.39, 0.29) is 6.42 Å². The molecule has 2 atom stereocenters. The summed E-state index contributed by atoms with van der Waals surface area (Å²) >= 11 is 0. The van der Waals surface area contributed by atoms with Crippen molar-refractivity contribution in [3.63, 3.8) is 0 Å². The van der Waals surface area contributed by atoms with Crippen LogP contribution in [0.2, 0.25) is 0 Å². The molecule has 20 heavy (non-hydrogen) atoms. The molecule has 0 saturated heterocycles. The molecule has 0 aliphatic heterocycles. The lowest BCUT2D eigenvalue weighted by atomic mass is 10.2. The van der Waals surface area contributed by atoms with Gasteiger partial charge >= 0.3 is 0 Å². The molecular formula is C11H15FN2O5S. The van der Waals surface area contributed by atoms with Gasteiger partial charge in [0, 0.05) is 18.2 Å². The van der Waals surface area contributed by atoms with Gasteiger partial charge in [0.25, 0.3) is 5.69 Å². The van der Waals surface area contributed by atoms with Crippen LogP contribution in [0, 0.1) is 15.9 Å². The molecular weight excluding hydrogens is 291 g/mol. The number of sulfonamides is 1. The molecule has 9 heteroatoms. The molecule has 0 aromatic heterocycles. The van der Waals surface area contributed by atoms with Crippen molar-refractivity contribution in [3.05, 3.63) is 34.1 Å². The summed E-state index contributed by atoms with van der Waals surface area (Å²) in [7, 11) is -4.23. The third-order valence-electron chi connectivity index (χ3n) is 2.47. The zero-order valence-corrected chi connectivity index (χ0v) is 11.7. The van der Waals surface area contributed by atoms with Crippen molar-refractivity contribution in [1.82, 2.24) is 4.72 Å². The van der Waals surface area contributed by atoms with E-state index in [2.05, 4.69) is 4.72 Å². The first-order valence-corrected chi connectivity index (χ1v) is 7.26. The van der Waals surface area contributed by atoms with E-state index in [1.54, 1.807) is 0 Å². The Kier molecular flexibility index (Phi) is 5.15. The Balaban J connectivity index is 3.09. The van der Waals surface area contributed by atoms with Gasteiger partial charge in [-0.1, -0.05) is 0 Å². The highest BCUT2D eigenvalue weighted by atomic mass is 32.2. The molecule has 0 spiro atoms. The molecule has 0 bridgehead atoms.